The molecule has 0 aromatic heterocycles. The van der Waals surface area contributed by atoms with Crippen molar-refractivity contribution < 1.29 is 14.3 Å². The molecule has 0 aromatic carbocycles. The molecule has 3 aliphatic rings. The quantitative estimate of drug-likeness (QED) is 0.762. The SMILES string of the molecule is CC(NC(=O)NCC(C1CCOC1)N1CCOCC1)C1CC1. The highest BCUT2D eigenvalue weighted by Crippen LogP contribution is 2.32. The smallest absolute Gasteiger partial charge is 0.315 e. The zero-order chi connectivity index (χ0) is 15.4. The Morgan fingerprint density at radius 2 is 1.91 bits per heavy atom. The van der Waals surface area contributed by atoms with Gasteiger partial charge in [-0.15, -0.1) is 0 Å². The first-order chi connectivity index (χ1) is 10.7. The number of hydrogen-bond acceptors (Lipinski definition) is 4. The maximum Gasteiger partial charge on any atom is 0.315 e. The molecule has 3 unspecified atom stereocenters. The third kappa shape index (κ3) is 4.33. The second-order valence-corrected chi connectivity index (χ2v) is 6.82. The fourth-order valence-corrected chi connectivity index (χ4v) is 3.53. The van der Waals surface area contributed by atoms with Crippen LogP contribution in [0.2, 0.25) is 0 Å². The Labute approximate surface area is 132 Å². The van der Waals surface area contributed by atoms with E-state index < -0.39 is 0 Å². The van der Waals surface area contributed by atoms with Crippen molar-refractivity contribution in [1.82, 2.24) is 15.5 Å². The topological polar surface area (TPSA) is 62.8 Å². The Balaban J connectivity index is 1.48. The van der Waals surface area contributed by atoms with Crippen LogP contribution in [0.1, 0.15) is 26.2 Å². The van der Waals surface area contributed by atoms with Gasteiger partial charge in [-0.2, -0.15) is 0 Å². The number of nitrogens with one attached hydrogen (secondary N) is 2. The second kappa shape index (κ2) is 7.62. The molecule has 0 spiro atoms. The summed E-state index contributed by atoms with van der Waals surface area (Å²) in [5.74, 6) is 1.20. The molecule has 6 nitrogen and oxygen atoms in total. The van der Waals surface area contributed by atoms with Crippen molar-refractivity contribution in [3.8, 4) is 0 Å². The van der Waals surface area contributed by atoms with Crippen LogP contribution in [0.3, 0.4) is 0 Å². The average Bonchev–Trinajstić information content (AvgIpc) is 3.25. The van der Waals surface area contributed by atoms with E-state index in [-0.39, 0.29) is 12.1 Å². The normalized spacial score (nSPS) is 29.0. The molecule has 22 heavy (non-hydrogen) atoms. The summed E-state index contributed by atoms with van der Waals surface area (Å²) in [5, 5.41) is 6.15. The highest BCUT2D eigenvalue weighted by molar-refractivity contribution is 5.74. The minimum atomic E-state index is -0.0309. The zero-order valence-corrected chi connectivity index (χ0v) is 13.6. The van der Waals surface area contributed by atoms with E-state index in [9.17, 15) is 4.79 Å². The van der Waals surface area contributed by atoms with E-state index >= 15 is 0 Å². The van der Waals surface area contributed by atoms with E-state index in [1.165, 1.54) is 12.8 Å². The fourth-order valence-electron chi connectivity index (χ4n) is 3.53. The average molecular weight is 311 g/mol. The summed E-state index contributed by atoms with van der Waals surface area (Å²) in [6.45, 7) is 7.91. The van der Waals surface area contributed by atoms with Gasteiger partial charge in [-0.05, 0) is 32.1 Å². The molecule has 2 aliphatic heterocycles. The zero-order valence-electron chi connectivity index (χ0n) is 13.6. The van der Waals surface area contributed by atoms with Gasteiger partial charge < -0.3 is 20.1 Å². The summed E-state index contributed by atoms with van der Waals surface area (Å²) in [6, 6.07) is 0.613. The Morgan fingerprint density at radius 3 is 2.55 bits per heavy atom. The van der Waals surface area contributed by atoms with Crippen LogP contribution in [-0.2, 0) is 9.47 Å². The van der Waals surface area contributed by atoms with Gasteiger partial charge in [0.05, 0.1) is 19.8 Å². The number of ether oxygens (including phenoxy) is 2. The highest BCUT2D eigenvalue weighted by Gasteiger charge is 2.32. The number of amides is 2. The molecular formula is C16H29N3O3. The van der Waals surface area contributed by atoms with Crippen LogP contribution < -0.4 is 10.6 Å². The summed E-state index contributed by atoms with van der Waals surface area (Å²) < 4.78 is 11.0. The van der Waals surface area contributed by atoms with Gasteiger partial charge in [0.2, 0.25) is 0 Å². The van der Waals surface area contributed by atoms with Crippen molar-refractivity contribution in [2.45, 2.75) is 38.3 Å². The van der Waals surface area contributed by atoms with Gasteiger partial charge in [0.1, 0.15) is 0 Å². The van der Waals surface area contributed by atoms with Crippen molar-refractivity contribution in [3.63, 3.8) is 0 Å². The van der Waals surface area contributed by atoms with Crippen LogP contribution in [0.4, 0.5) is 4.79 Å². The van der Waals surface area contributed by atoms with Crippen LogP contribution in [0, 0.1) is 11.8 Å². The molecule has 1 aliphatic carbocycles. The summed E-state index contributed by atoms with van der Waals surface area (Å²) in [7, 11) is 0. The van der Waals surface area contributed by atoms with Crippen molar-refractivity contribution in [1.29, 1.82) is 0 Å². The Morgan fingerprint density at radius 1 is 1.14 bits per heavy atom. The van der Waals surface area contributed by atoms with Gasteiger partial charge in [-0.1, -0.05) is 0 Å². The molecule has 0 aromatic rings. The summed E-state index contributed by atoms with van der Waals surface area (Å²) in [4.78, 5) is 14.5. The lowest BCUT2D eigenvalue weighted by atomic mass is 9.97. The Kier molecular flexibility index (Phi) is 5.55. The van der Waals surface area contributed by atoms with Gasteiger partial charge in [0.25, 0.3) is 0 Å². The molecule has 126 valence electrons. The van der Waals surface area contributed by atoms with Crippen molar-refractivity contribution in [2.75, 3.05) is 46.1 Å². The minimum Gasteiger partial charge on any atom is -0.381 e. The molecule has 2 amide bonds. The summed E-state index contributed by atoms with van der Waals surface area (Å²) in [6.07, 6.45) is 3.58. The minimum absolute atomic E-state index is 0.0309. The molecule has 1 saturated carbocycles. The standard InChI is InChI=1S/C16H29N3O3/c1-12(13-2-3-13)18-16(20)17-10-15(14-4-7-22-11-14)19-5-8-21-9-6-19/h12-15H,2-11H2,1H3,(H2,17,18,20). The number of carbonyl (C=O) groups excluding carboxylic acids is 1. The Bertz CT molecular complexity index is 364. The molecule has 3 rings (SSSR count). The van der Waals surface area contributed by atoms with Crippen LogP contribution in [0.25, 0.3) is 0 Å². The van der Waals surface area contributed by atoms with Gasteiger partial charge >= 0.3 is 6.03 Å². The molecule has 0 bridgehead atoms. The molecule has 0 radical (unpaired) electrons. The van der Waals surface area contributed by atoms with E-state index in [2.05, 4.69) is 22.5 Å². The van der Waals surface area contributed by atoms with Crippen LogP contribution in [0.5, 0.6) is 0 Å². The van der Waals surface area contributed by atoms with E-state index in [0.29, 0.717) is 24.4 Å². The number of nitrogens with zero attached hydrogens (tertiary/aromatic N) is 1. The number of morpholine rings is 1. The molecule has 2 heterocycles. The third-order valence-corrected chi connectivity index (χ3v) is 5.18. The number of urea groups is 1. The first-order valence-corrected chi connectivity index (χ1v) is 8.68. The van der Waals surface area contributed by atoms with Gasteiger partial charge in [-0.3, -0.25) is 4.90 Å². The third-order valence-electron chi connectivity index (χ3n) is 5.18. The molecule has 6 heteroatoms. The first kappa shape index (κ1) is 16.0. The maximum absolute atomic E-state index is 12.1. The molecule has 2 N–H and O–H groups in total. The Hall–Kier alpha value is -0.850. The molecule has 2 saturated heterocycles. The van der Waals surface area contributed by atoms with Crippen molar-refractivity contribution in [2.24, 2.45) is 11.8 Å². The molecular weight excluding hydrogens is 282 g/mol. The lowest BCUT2D eigenvalue weighted by Crippen LogP contribution is -2.54. The van der Waals surface area contributed by atoms with Crippen molar-refractivity contribution in [3.05, 3.63) is 0 Å². The van der Waals surface area contributed by atoms with Gasteiger partial charge in [-0.25, -0.2) is 4.79 Å². The predicted octanol–water partition coefficient (Wildman–Crippen LogP) is 0.821. The van der Waals surface area contributed by atoms with Gasteiger partial charge in [0.15, 0.2) is 0 Å². The lowest BCUT2D eigenvalue weighted by molar-refractivity contribution is 0.00211. The van der Waals surface area contributed by atoms with E-state index in [4.69, 9.17) is 9.47 Å². The number of rotatable bonds is 6. The summed E-state index contributed by atoms with van der Waals surface area (Å²) >= 11 is 0. The second-order valence-electron chi connectivity index (χ2n) is 6.82. The lowest BCUT2D eigenvalue weighted by Gasteiger charge is -2.37. The monoisotopic (exact) mass is 311 g/mol. The largest absolute Gasteiger partial charge is 0.381 e. The number of carbonyl (C=O) groups is 1. The van der Waals surface area contributed by atoms with E-state index in [1.807, 2.05) is 0 Å². The van der Waals surface area contributed by atoms with E-state index in [1.54, 1.807) is 0 Å². The van der Waals surface area contributed by atoms with Crippen molar-refractivity contribution >= 4 is 6.03 Å². The summed E-state index contributed by atoms with van der Waals surface area (Å²) in [5.41, 5.74) is 0. The maximum atomic E-state index is 12.1. The highest BCUT2D eigenvalue weighted by atomic mass is 16.5. The molecule has 3 fully saturated rings. The van der Waals surface area contributed by atoms with Crippen LogP contribution in [0.15, 0.2) is 0 Å². The predicted molar refractivity (Wildman–Crippen MR) is 83.8 cm³/mol. The fraction of sp³-hybridized carbons (Fsp3) is 0.938. The van der Waals surface area contributed by atoms with Crippen LogP contribution in [-0.4, -0.2) is 69.1 Å². The van der Waals surface area contributed by atoms with Crippen LogP contribution >= 0.6 is 0 Å². The van der Waals surface area contributed by atoms with E-state index in [0.717, 1.165) is 45.9 Å². The van der Waals surface area contributed by atoms with Gasteiger partial charge in [0, 0.05) is 44.2 Å². The molecule has 3 atom stereocenters. The number of hydrogen-bond donors (Lipinski definition) is 2. The first-order valence-electron chi connectivity index (χ1n) is 8.68.